The highest BCUT2D eigenvalue weighted by atomic mass is 32.2. The minimum absolute atomic E-state index is 0.505. The smallest absolute Gasteiger partial charge is 0.361 e. The molecule has 0 N–H and O–H groups in total. The van der Waals surface area contributed by atoms with Gasteiger partial charge >= 0.3 is 6.18 Å². The predicted octanol–water partition coefficient (Wildman–Crippen LogP) is 5.05. The molecular weight excluding hydrogens is 339 g/mol. The highest BCUT2D eigenvalue weighted by Gasteiger charge is 2.31. The van der Waals surface area contributed by atoms with Crippen LogP contribution in [0.2, 0.25) is 0 Å². The van der Waals surface area contributed by atoms with Crippen molar-refractivity contribution >= 4 is 22.8 Å². The highest BCUT2D eigenvalue weighted by Crippen LogP contribution is 2.33. The molecule has 8 heteroatoms. The summed E-state index contributed by atoms with van der Waals surface area (Å²) in [5, 5.41) is 4.61. The number of thioether (sulfide) groups is 1. The van der Waals surface area contributed by atoms with Crippen molar-refractivity contribution in [1.82, 2.24) is 14.7 Å². The Morgan fingerprint density at radius 2 is 2.04 bits per heavy atom. The quantitative estimate of drug-likeness (QED) is 0.601. The maximum atomic E-state index is 13.0. The van der Waals surface area contributed by atoms with E-state index in [9.17, 15) is 13.2 Å². The molecule has 0 unspecified atom stereocenters. The first-order chi connectivity index (χ1) is 11.4. The fourth-order valence-electron chi connectivity index (χ4n) is 2.45. The average molecular weight is 355 g/mol. The molecule has 0 aliphatic rings. The lowest BCUT2D eigenvalue weighted by molar-refractivity contribution is -0.137. The van der Waals surface area contributed by atoms with E-state index in [2.05, 4.69) is 10.1 Å². The molecule has 0 saturated heterocycles. The summed E-state index contributed by atoms with van der Waals surface area (Å²) in [5.74, 6) is 1.28. The minimum atomic E-state index is -4.36. The molecule has 2 heterocycles. The van der Waals surface area contributed by atoms with Gasteiger partial charge in [-0.25, -0.2) is 4.98 Å². The van der Waals surface area contributed by atoms with Crippen LogP contribution >= 0.6 is 11.8 Å². The van der Waals surface area contributed by atoms with Gasteiger partial charge in [0.25, 0.3) is 0 Å². The molecule has 3 aromatic rings. The van der Waals surface area contributed by atoms with Crippen LogP contribution in [0.25, 0.3) is 11.0 Å². The van der Waals surface area contributed by atoms with Crippen LogP contribution in [-0.4, -0.2) is 14.7 Å². The Balaban J connectivity index is 1.95. The number of fused-ring (bicyclic) bond motifs is 1. The first-order valence-corrected chi connectivity index (χ1v) is 8.49. The zero-order valence-electron chi connectivity index (χ0n) is 13.2. The van der Waals surface area contributed by atoms with Gasteiger partial charge in [-0.05, 0) is 31.5 Å². The first-order valence-electron chi connectivity index (χ1n) is 7.51. The summed E-state index contributed by atoms with van der Waals surface area (Å²) >= 11 is 1.44. The van der Waals surface area contributed by atoms with Crippen molar-refractivity contribution in [3.05, 3.63) is 41.3 Å². The van der Waals surface area contributed by atoms with Crippen molar-refractivity contribution in [3.63, 3.8) is 0 Å². The molecule has 1 aromatic carbocycles. The molecule has 0 saturated carbocycles. The molecule has 0 atom stereocenters. The van der Waals surface area contributed by atoms with Gasteiger partial charge in [0, 0.05) is 18.4 Å². The lowest BCUT2D eigenvalue weighted by Crippen LogP contribution is -2.05. The van der Waals surface area contributed by atoms with Crippen molar-refractivity contribution in [2.24, 2.45) is 0 Å². The molecule has 0 bridgehead atoms. The number of rotatable bonds is 5. The van der Waals surface area contributed by atoms with E-state index >= 15 is 0 Å². The van der Waals surface area contributed by atoms with Gasteiger partial charge in [0.1, 0.15) is 5.76 Å². The monoisotopic (exact) mass is 355 g/mol. The third-order valence-electron chi connectivity index (χ3n) is 3.51. The summed E-state index contributed by atoms with van der Waals surface area (Å²) in [6, 6.07) is 5.50. The number of aromatic nitrogens is 3. The normalized spacial score (nSPS) is 12.2. The number of hydrogen-bond donors (Lipinski definition) is 0. The number of imidazole rings is 1. The van der Waals surface area contributed by atoms with E-state index in [4.69, 9.17) is 4.52 Å². The predicted molar refractivity (Wildman–Crippen MR) is 85.8 cm³/mol. The summed E-state index contributed by atoms with van der Waals surface area (Å²) in [7, 11) is 0. The van der Waals surface area contributed by atoms with Crippen LogP contribution in [0.5, 0.6) is 0 Å². The van der Waals surface area contributed by atoms with Gasteiger partial charge in [0.2, 0.25) is 0 Å². The van der Waals surface area contributed by atoms with Crippen LogP contribution in [0.3, 0.4) is 0 Å². The molecule has 0 spiro atoms. The molecule has 0 aliphatic carbocycles. The number of halogens is 3. The van der Waals surface area contributed by atoms with E-state index in [0.717, 1.165) is 23.9 Å². The van der Waals surface area contributed by atoms with Crippen LogP contribution in [0, 0.1) is 6.92 Å². The number of aryl methyl sites for hydroxylation is 2. The van der Waals surface area contributed by atoms with Gasteiger partial charge in [-0.2, -0.15) is 13.2 Å². The molecule has 2 aromatic heterocycles. The average Bonchev–Trinajstić information content (AvgIpc) is 3.08. The highest BCUT2D eigenvalue weighted by molar-refractivity contribution is 7.98. The number of nitrogens with zero attached hydrogens (tertiary/aromatic N) is 3. The summed E-state index contributed by atoms with van der Waals surface area (Å²) in [5.41, 5.74) is 1.19. The molecule has 3 rings (SSSR count). The van der Waals surface area contributed by atoms with E-state index in [1.807, 2.05) is 24.5 Å². The number of hydrogen-bond acceptors (Lipinski definition) is 4. The zero-order valence-corrected chi connectivity index (χ0v) is 14.0. The van der Waals surface area contributed by atoms with Crippen molar-refractivity contribution in [2.75, 3.05) is 0 Å². The molecule has 0 aliphatic heterocycles. The second kappa shape index (κ2) is 6.51. The van der Waals surface area contributed by atoms with Crippen LogP contribution in [-0.2, 0) is 18.5 Å². The van der Waals surface area contributed by atoms with Gasteiger partial charge in [-0.1, -0.05) is 23.8 Å². The molecule has 128 valence electrons. The Labute approximate surface area is 141 Å². The second-order valence-corrected chi connectivity index (χ2v) is 6.41. The fraction of sp³-hybridized carbons (Fsp3) is 0.375. The van der Waals surface area contributed by atoms with Gasteiger partial charge in [0.15, 0.2) is 5.16 Å². The largest absolute Gasteiger partial charge is 0.416 e. The Morgan fingerprint density at radius 1 is 1.25 bits per heavy atom. The standard InChI is InChI=1S/C16H16F3N3OS/c1-3-6-22-14-8-11(16(17,18)19)4-5-13(14)20-15(22)24-9-12-7-10(2)23-21-12/h4-5,7-8H,3,6,9H2,1-2H3. The summed E-state index contributed by atoms with van der Waals surface area (Å²) in [6.07, 6.45) is -3.56. The molecule has 0 fully saturated rings. The number of alkyl halides is 3. The lowest BCUT2D eigenvalue weighted by atomic mass is 10.2. The lowest BCUT2D eigenvalue weighted by Gasteiger charge is -2.09. The molecule has 0 amide bonds. The van der Waals surface area contributed by atoms with E-state index < -0.39 is 11.7 Å². The maximum absolute atomic E-state index is 13.0. The van der Waals surface area contributed by atoms with Gasteiger partial charge in [0.05, 0.1) is 22.3 Å². The Hall–Kier alpha value is -1.96. The first kappa shape index (κ1) is 16.9. The van der Waals surface area contributed by atoms with Crippen LogP contribution in [0.15, 0.2) is 33.9 Å². The molecular formula is C16H16F3N3OS. The van der Waals surface area contributed by atoms with E-state index in [1.54, 1.807) is 0 Å². The summed E-state index contributed by atoms with van der Waals surface area (Å²) in [4.78, 5) is 4.48. The van der Waals surface area contributed by atoms with Crippen molar-refractivity contribution in [3.8, 4) is 0 Å². The Kier molecular flexibility index (Phi) is 4.58. The van der Waals surface area contributed by atoms with E-state index in [1.165, 1.54) is 23.9 Å². The van der Waals surface area contributed by atoms with Crippen LogP contribution < -0.4 is 0 Å². The second-order valence-electron chi connectivity index (χ2n) is 5.46. The Bertz CT molecular complexity index is 854. The molecule has 24 heavy (non-hydrogen) atoms. The molecule has 4 nitrogen and oxygen atoms in total. The van der Waals surface area contributed by atoms with Crippen molar-refractivity contribution < 1.29 is 17.7 Å². The van der Waals surface area contributed by atoms with Crippen LogP contribution in [0.4, 0.5) is 13.2 Å². The minimum Gasteiger partial charge on any atom is -0.361 e. The summed E-state index contributed by atoms with van der Waals surface area (Å²) < 4.78 is 45.7. The van der Waals surface area contributed by atoms with Crippen LogP contribution in [0.1, 0.15) is 30.4 Å². The SMILES string of the molecule is CCCn1c(SCc2cc(C)on2)nc2ccc(C(F)(F)F)cc21. The van der Waals surface area contributed by atoms with Crippen molar-refractivity contribution in [1.29, 1.82) is 0 Å². The van der Waals surface area contributed by atoms with Gasteiger partial charge < -0.3 is 9.09 Å². The third kappa shape index (κ3) is 3.43. The fourth-order valence-corrected chi connectivity index (χ4v) is 3.37. The molecule has 0 radical (unpaired) electrons. The van der Waals surface area contributed by atoms with E-state index in [0.29, 0.717) is 28.5 Å². The van der Waals surface area contributed by atoms with Crippen molar-refractivity contribution in [2.45, 2.75) is 43.9 Å². The van der Waals surface area contributed by atoms with E-state index in [-0.39, 0.29) is 0 Å². The summed E-state index contributed by atoms with van der Waals surface area (Å²) in [6.45, 7) is 4.40. The van der Waals surface area contributed by atoms with Gasteiger partial charge in [-0.3, -0.25) is 0 Å². The van der Waals surface area contributed by atoms with Gasteiger partial charge in [-0.15, -0.1) is 0 Å². The number of benzene rings is 1. The maximum Gasteiger partial charge on any atom is 0.416 e. The zero-order chi connectivity index (χ0) is 17.3. The Morgan fingerprint density at radius 3 is 2.67 bits per heavy atom. The topological polar surface area (TPSA) is 43.9 Å². The third-order valence-corrected chi connectivity index (χ3v) is 4.52.